The lowest BCUT2D eigenvalue weighted by atomic mass is 10.0. The highest BCUT2D eigenvalue weighted by Gasteiger charge is 2.13. The Labute approximate surface area is 100 Å². The number of halogens is 1. The molecule has 0 radical (unpaired) electrons. The molecule has 1 aromatic heterocycles. The molecule has 2 N–H and O–H groups in total. The number of benzene rings is 1. The molecule has 0 aliphatic carbocycles. The highest BCUT2D eigenvalue weighted by molar-refractivity contribution is 5.24. The zero-order chi connectivity index (χ0) is 12.4. The fraction of sp³-hybridized carbons (Fsp3) is 0.308. The van der Waals surface area contributed by atoms with Crippen LogP contribution in [0.15, 0.2) is 30.5 Å². The van der Waals surface area contributed by atoms with Crippen LogP contribution in [0, 0.1) is 12.7 Å². The van der Waals surface area contributed by atoms with Gasteiger partial charge in [0.1, 0.15) is 5.82 Å². The normalized spacial score (nSPS) is 12.7. The molecule has 2 aromatic rings. The van der Waals surface area contributed by atoms with Gasteiger partial charge in [-0.05, 0) is 31.0 Å². The first kappa shape index (κ1) is 11.8. The van der Waals surface area contributed by atoms with E-state index in [0.717, 1.165) is 16.8 Å². The van der Waals surface area contributed by atoms with Crippen molar-refractivity contribution in [3.8, 4) is 0 Å². The Hall–Kier alpha value is -1.68. The summed E-state index contributed by atoms with van der Waals surface area (Å²) in [6.07, 6.45) is 2.39. The van der Waals surface area contributed by atoms with Crippen LogP contribution in [0.1, 0.15) is 22.9 Å². The highest BCUT2D eigenvalue weighted by Crippen LogP contribution is 2.19. The maximum Gasteiger partial charge on any atom is 0.123 e. The smallest absolute Gasteiger partial charge is 0.123 e. The summed E-state index contributed by atoms with van der Waals surface area (Å²) in [5.41, 5.74) is 9.08. The Morgan fingerprint density at radius 1 is 1.47 bits per heavy atom. The zero-order valence-electron chi connectivity index (χ0n) is 10.0. The van der Waals surface area contributed by atoms with Crippen molar-refractivity contribution in [1.82, 2.24) is 9.78 Å². The fourth-order valence-corrected chi connectivity index (χ4v) is 1.91. The summed E-state index contributed by atoms with van der Waals surface area (Å²) in [5.74, 6) is -0.224. The minimum atomic E-state index is -0.224. The van der Waals surface area contributed by atoms with E-state index in [1.165, 1.54) is 12.1 Å². The molecule has 0 fully saturated rings. The minimum Gasteiger partial charge on any atom is -0.324 e. The Morgan fingerprint density at radius 3 is 2.82 bits per heavy atom. The van der Waals surface area contributed by atoms with Crippen molar-refractivity contribution >= 4 is 0 Å². The summed E-state index contributed by atoms with van der Waals surface area (Å²) in [6, 6.07) is 6.39. The van der Waals surface area contributed by atoms with Crippen LogP contribution in [0.25, 0.3) is 0 Å². The lowest BCUT2D eigenvalue weighted by molar-refractivity contribution is 0.621. The Balaban J connectivity index is 2.17. The van der Waals surface area contributed by atoms with E-state index in [4.69, 9.17) is 5.73 Å². The van der Waals surface area contributed by atoms with E-state index in [1.54, 1.807) is 16.9 Å². The third-order valence-corrected chi connectivity index (χ3v) is 3.02. The van der Waals surface area contributed by atoms with Crippen LogP contribution in [0.5, 0.6) is 0 Å². The fourth-order valence-electron chi connectivity index (χ4n) is 1.91. The molecule has 0 amide bonds. The highest BCUT2D eigenvalue weighted by atomic mass is 19.1. The molecule has 0 aliphatic heterocycles. The van der Waals surface area contributed by atoms with Crippen LogP contribution in [0.4, 0.5) is 4.39 Å². The second-order valence-corrected chi connectivity index (χ2v) is 4.25. The first-order valence-electron chi connectivity index (χ1n) is 5.56. The van der Waals surface area contributed by atoms with E-state index < -0.39 is 0 Å². The number of nitrogens with zero attached hydrogens (tertiary/aromatic N) is 2. The predicted molar refractivity (Wildman–Crippen MR) is 65.0 cm³/mol. The van der Waals surface area contributed by atoms with Crippen LogP contribution >= 0.6 is 0 Å². The molecule has 0 saturated carbocycles. The third kappa shape index (κ3) is 2.53. The molecular formula is C13H16FN3. The first-order chi connectivity index (χ1) is 8.08. The number of rotatable bonds is 3. The van der Waals surface area contributed by atoms with Gasteiger partial charge in [0.25, 0.3) is 0 Å². The summed E-state index contributed by atoms with van der Waals surface area (Å²) < 4.78 is 14.8. The summed E-state index contributed by atoms with van der Waals surface area (Å²) in [4.78, 5) is 0. The van der Waals surface area contributed by atoms with Gasteiger partial charge in [0, 0.05) is 24.3 Å². The van der Waals surface area contributed by atoms with Crippen molar-refractivity contribution in [2.45, 2.75) is 19.4 Å². The zero-order valence-corrected chi connectivity index (χ0v) is 10.0. The molecule has 1 heterocycles. The van der Waals surface area contributed by atoms with Crippen molar-refractivity contribution in [1.29, 1.82) is 0 Å². The first-order valence-corrected chi connectivity index (χ1v) is 5.56. The lowest BCUT2D eigenvalue weighted by Crippen LogP contribution is -2.14. The van der Waals surface area contributed by atoms with Gasteiger partial charge in [-0.1, -0.05) is 12.1 Å². The molecule has 90 valence electrons. The van der Waals surface area contributed by atoms with Crippen LogP contribution < -0.4 is 5.73 Å². The Kier molecular flexibility index (Phi) is 3.24. The number of nitrogens with two attached hydrogens (primary N) is 1. The standard InChI is InChI=1S/C13H16FN3/c1-9-12(8-16-17(9)2)13(15)7-10-4-3-5-11(14)6-10/h3-6,8,13H,7,15H2,1-2H3. The van der Waals surface area contributed by atoms with Gasteiger partial charge in [0.15, 0.2) is 0 Å². The van der Waals surface area contributed by atoms with Gasteiger partial charge in [0.05, 0.1) is 6.20 Å². The molecule has 0 saturated heterocycles. The summed E-state index contributed by atoms with van der Waals surface area (Å²) in [7, 11) is 1.88. The molecule has 17 heavy (non-hydrogen) atoms. The van der Waals surface area contributed by atoms with Crippen molar-refractivity contribution in [2.24, 2.45) is 12.8 Å². The van der Waals surface area contributed by atoms with Crippen LogP contribution in [0.2, 0.25) is 0 Å². The molecule has 1 atom stereocenters. The molecule has 0 bridgehead atoms. The predicted octanol–water partition coefficient (Wildman–Crippen LogP) is 2.11. The lowest BCUT2D eigenvalue weighted by Gasteiger charge is -2.11. The van der Waals surface area contributed by atoms with Crippen LogP contribution in [-0.2, 0) is 13.5 Å². The minimum absolute atomic E-state index is 0.148. The molecule has 2 rings (SSSR count). The maximum absolute atomic E-state index is 13.0. The van der Waals surface area contributed by atoms with E-state index in [0.29, 0.717) is 6.42 Å². The number of aromatic nitrogens is 2. The van der Waals surface area contributed by atoms with Gasteiger partial charge in [-0.2, -0.15) is 5.10 Å². The molecule has 1 unspecified atom stereocenters. The third-order valence-electron chi connectivity index (χ3n) is 3.02. The van der Waals surface area contributed by atoms with Crippen LogP contribution in [-0.4, -0.2) is 9.78 Å². The average molecular weight is 233 g/mol. The second kappa shape index (κ2) is 4.67. The van der Waals surface area contributed by atoms with E-state index in [-0.39, 0.29) is 11.9 Å². The van der Waals surface area contributed by atoms with E-state index in [1.807, 2.05) is 20.0 Å². The van der Waals surface area contributed by atoms with E-state index >= 15 is 0 Å². The van der Waals surface area contributed by atoms with Crippen molar-refractivity contribution < 1.29 is 4.39 Å². The summed E-state index contributed by atoms with van der Waals surface area (Å²) in [5, 5.41) is 4.16. The molecule has 0 aliphatic rings. The van der Waals surface area contributed by atoms with Gasteiger partial charge in [-0.25, -0.2) is 4.39 Å². The summed E-state index contributed by atoms with van der Waals surface area (Å²) in [6.45, 7) is 1.98. The SMILES string of the molecule is Cc1c(C(N)Cc2cccc(F)c2)cnn1C. The largest absolute Gasteiger partial charge is 0.324 e. The topological polar surface area (TPSA) is 43.8 Å². The second-order valence-electron chi connectivity index (χ2n) is 4.25. The Bertz CT molecular complexity index is 519. The molecule has 3 nitrogen and oxygen atoms in total. The molecular weight excluding hydrogens is 217 g/mol. The van der Waals surface area contributed by atoms with Gasteiger partial charge in [-0.15, -0.1) is 0 Å². The van der Waals surface area contributed by atoms with Gasteiger partial charge in [-0.3, -0.25) is 4.68 Å². The molecule has 1 aromatic carbocycles. The maximum atomic E-state index is 13.0. The number of hydrogen-bond donors (Lipinski definition) is 1. The Morgan fingerprint density at radius 2 is 2.24 bits per heavy atom. The van der Waals surface area contributed by atoms with Crippen molar-refractivity contribution in [3.05, 3.63) is 53.1 Å². The quantitative estimate of drug-likeness (QED) is 0.882. The van der Waals surface area contributed by atoms with Crippen LogP contribution in [0.3, 0.4) is 0 Å². The van der Waals surface area contributed by atoms with Gasteiger partial charge in [0.2, 0.25) is 0 Å². The van der Waals surface area contributed by atoms with E-state index in [9.17, 15) is 4.39 Å². The molecule has 0 spiro atoms. The number of hydrogen-bond acceptors (Lipinski definition) is 2. The van der Waals surface area contributed by atoms with Gasteiger partial charge < -0.3 is 5.73 Å². The molecule has 4 heteroatoms. The van der Waals surface area contributed by atoms with Crippen molar-refractivity contribution in [3.63, 3.8) is 0 Å². The monoisotopic (exact) mass is 233 g/mol. The van der Waals surface area contributed by atoms with E-state index in [2.05, 4.69) is 5.10 Å². The van der Waals surface area contributed by atoms with Gasteiger partial charge >= 0.3 is 0 Å². The summed E-state index contributed by atoms with van der Waals surface area (Å²) >= 11 is 0. The number of aryl methyl sites for hydroxylation is 1. The average Bonchev–Trinajstić information content (AvgIpc) is 2.60. The van der Waals surface area contributed by atoms with Crippen molar-refractivity contribution in [2.75, 3.05) is 0 Å².